The number of esters is 1. The lowest BCUT2D eigenvalue weighted by Crippen LogP contribution is -2.45. The Morgan fingerprint density at radius 2 is 1.76 bits per heavy atom. The van der Waals surface area contributed by atoms with Gasteiger partial charge < -0.3 is 24.7 Å². The molecule has 9 heteroatoms. The number of fused-ring (bicyclic) bond motifs is 1. The van der Waals surface area contributed by atoms with E-state index in [4.69, 9.17) is 19.8 Å². The molecule has 3 rings (SSSR count). The Hall–Kier alpha value is -2.39. The zero-order valence-corrected chi connectivity index (χ0v) is 20.9. The average molecular weight is 458 g/mol. The summed E-state index contributed by atoms with van der Waals surface area (Å²) in [6.07, 6.45) is 0.0935. The van der Waals surface area contributed by atoms with Crippen molar-refractivity contribution in [3.05, 3.63) is 28.8 Å². The van der Waals surface area contributed by atoms with Crippen molar-refractivity contribution in [3.8, 4) is 0 Å². The summed E-state index contributed by atoms with van der Waals surface area (Å²) >= 11 is 0. The number of amides is 2. The van der Waals surface area contributed by atoms with Gasteiger partial charge in [-0.2, -0.15) is 0 Å². The quantitative estimate of drug-likeness (QED) is 0.518. The van der Waals surface area contributed by atoms with Crippen LogP contribution in [0.5, 0.6) is 0 Å². The van der Waals surface area contributed by atoms with Crippen molar-refractivity contribution in [2.45, 2.75) is 97.6 Å². The fourth-order valence-corrected chi connectivity index (χ4v) is 4.09. The molecule has 2 aliphatic heterocycles. The first-order valence-corrected chi connectivity index (χ1v) is 11.3. The van der Waals surface area contributed by atoms with Crippen LogP contribution in [0.3, 0.4) is 0 Å². The summed E-state index contributed by atoms with van der Waals surface area (Å²) in [5.74, 6) is -1.36. The summed E-state index contributed by atoms with van der Waals surface area (Å²) in [4.78, 5) is 38.9. The second-order valence-corrected chi connectivity index (χ2v) is 10.9. The molecule has 0 radical (unpaired) electrons. The number of rotatable bonds is 6. The Bertz CT molecular complexity index is 966. The highest BCUT2D eigenvalue weighted by Crippen LogP contribution is 2.37. The predicted octanol–water partition coefficient (Wildman–Crippen LogP) is 2.23. The van der Waals surface area contributed by atoms with E-state index in [2.05, 4.69) is 0 Å². The highest BCUT2D eigenvalue weighted by atomic mass is 16.7. The predicted molar refractivity (Wildman–Crippen MR) is 125 cm³/mol. The van der Waals surface area contributed by atoms with Gasteiger partial charge in [0.2, 0.25) is 5.91 Å². The van der Waals surface area contributed by atoms with Gasteiger partial charge in [0.25, 0.3) is 5.91 Å². The van der Waals surface area contributed by atoms with Crippen LogP contribution >= 0.6 is 0 Å². The highest BCUT2D eigenvalue weighted by Gasteiger charge is 2.52. The lowest BCUT2D eigenvalue weighted by atomic mass is 9.75. The van der Waals surface area contributed by atoms with Gasteiger partial charge in [0.1, 0.15) is 11.6 Å². The number of nitrogens with zero attached hydrogens (tertiary/aromatic N) is 1. The molecule has 0 aliphatic carbocycles. The van der Waals surface area contributed by atoms with Crippen LogP contribution in [0.4, 0.5) is 0 Å². The maximum absolute atomic E-state index is 13.1. The highest BCUT2D eigenvalue weighted by molar-refractivity contribution is 6.62. The Morgan fingerprint density at radius 3 is 2.27 bits per heavy atom. The number of primary amides is 1. The fourth-order valence-electron chi connectivity index (χ4n) is 4.09. The second kappa shape index (κ2) is 8.44. The zero-order chi connectivity index (χ0) is 24.9. The van der Waals surface area contributed by atoms with Crippen LogP contribution in [0.15, 0.2) is 12.1 Å². The SMILES string of the molecule is Cc1cc2c(cc1B1OC(C)(C)C(C)(C)O1)CN(C(CCC(=O)OC(C)(C)C)C(N)=O)C2=O. The molecule has 1 fully saturated rings. The third kappa shape index (κ3) is 5.09. The van der Waals surface area contributed by atoms with Crippen molar-refractivity contribution in [2.75, 3.05) is 0 Å². The zero-order valence-electron chi connectivity index (χ0n) is 20.9. The van der Waals surface area contributed by atoms with Gasteiger partial charge in [0.15, 0.2) is 0 Å². The third-order valence-corrected chi connectivity index (χ3v) is 6.58. The van der Waals surface area contributed by atoms with E-state index < -0.39 is 41.8 Å². The molecule has 0 aromatic heterocycles. The molecule has 0 saturated carbocycles. The molecule has 2 amide bonds. The van der Waals surface area contributed by atoms with Crippen LogP contribution in [0, 0.1) is 6.92 Å². The molecule has 1 unspecified atom stereocenters. The third-order valence-electron chi connectivity index (χ3n) is 6.58. The summed E-state index contributed by atoms with van der Waals surface area (Å²) in [5.41, 5.74) is 7.05. The van der Waals surface area contributed by atoms with E-state index in [1.807, 2.05) is 46.8 Å². The van der Waals surface area contributed by atoms with E-state index in [1.54, 1.807) is 20.8 Å². The van der Waals surface area contributed by atoms with Crippen molar-refractivity contribution in [1.29, 1.82) is 0 Å². The molecule has 0 spiro atoms. The number of hydrogen-bond acceptors (Lipinski definition) is 6. The Morgan fingerprint density at radius 1 is 1.18 bits per heavy atom. The smallest absolute Gasteiger partial charge is 0.460 e. The van der Waals surface area contributed by atoms with Crippen LogP contribution in [0.25, 0.3) is 0 Å². The number of carbonyl (C=O) groups is 3. The molecule has 1 aromatic rings. The van der Waals surface area contributed by atoms with E-state index in [9.17, 15) is 14.4 Å². The molecule has 0 bridgehead atoms. The van der Waals surface area contributed by atoms with Crippen molar-refractivity contribution < 1.29 is 28.4 Å². The van der Waals surface area contributed by atoms with Gasteiger partial charge in [-0.05, 0) is 78.9 Å². The number of nitrogens with two attached hydrogens (primary N) is 1. The first-order valence-electron chi connectivity index (χ1n) is 11.3. The molecule has 1 aromatic carbocycles. The van der Waals surface area contributed by atoms with Crippen LogP contribution in [-0.2, 0) is 30.2 Å². The number of carbonyl (C=O) groups excluding carboxylic acids is 3. The molecule has 2 N–H and O–H groups in total. The minimum absolute atomic E-state index is 0.0107. The van der Waals surface area contributed by atoms with E-state index in [0.29, 0.717) is 5.56 Å². The maximum atomic E-state index is 13.1. The normalized spacial score (nSPS) is 20.1. The largest absolute Gasteiger partial charge is 0.495 e. The molecule has 180 valence electrons. The van der Waals surface area contributed by atoms with Crippen LogP contribution < -0.4 is 11.2 Å². The number of hydrogen-bond donors (Lipinski definition) is 1. The second-order valence-electron chi connectivity index (χ2n) is 10.9. The molecule has 1 atom stereocenters. The van der Waals surface area contributed by atoms with Crippen molar-refractivity contribution in [1.82, 2.24) is 4.90 Å². The minimum Gasteiger partial charge on any atom is -0.460 e. The van der Waals surface area contributed by atoms with E-state index in [1.165, 1.54) is 4.90 Å². The van der Waals surface area contributed by atoms with Crippen molar-refractivity contribution >= 4 is 30.4 Å². The van der Waals surface area contributed by atoms with Gasteiger partial charge in [-0.3, -0.25) is 14.4 Å². The molecule has 33 heavy (non-hydrogen) atoms. The Labute approximate surface area is 196 Å². The standard InChI is InChI=1S/C24H35BN2O6/c1-14-11-16-15(12-17(14)25-32-23(5,6)24(7,8)33-25)13-27(21(16)30)18(20(26)29)9-10-19(28)31-22(2,3)4/h11-12,18H,9-10,13H2,1-8H3,(H2,26,29). The minimum atomic E-state index is -0.905. The molecule has 1 saturated heterocycles. The molecule has 8 nitrogen and oxygen atoms in total. The van der Waals surface area contributed by atoms with Crippen LogP contribution in [0.2, 0.25) is 0 Å². The van der Waals surface area contributed by atoms with E-state index in [-0.39, 0.29) is 25.3 Å². The number of ether oxygens (including phenoxy) is 1. The fraction of sp³-hybridized carbons (Fsp3) is 0.625. The lowest BCUT2D eigenvalue weighted by molar-refractivity contribution is -0.155. The van der Waals surface area contributed by atoms with Crippen LogP contribution in [-0.4, -0.2) is 52.6 Å². The van der Waals surface area contributed by atoms with Gasteiger partial charge in [0, 0.05) is 18.5 Å². The maximum Gasteiger partial charge on any atom is 0.495 e. The van der Waals surface area contributed by atoms with Crippen molar-refractivity contribution in [3.63, 3.8) is 0 Å². The van der Waals surface area contributed by atoms with Gasteiger partial charge in [-0.25, -0.2) is 0 Å². The molecular weight excluding hydrogens is 423 g/mol. The average Bonchev–Trinajstić information content (AvgIpc) is 3.05. The van der Waals surface area contributed by atoms with Crippen LogP contribution in [0.1, 0.15) is 82.8 Å². The van der Waals surface area contributed by atoms with Gasteiger partial charge in [-0.15, -0.1) is 0 Å². The molecule has 2 aliphatic rings. The van der Waals surface area contributed by atoms with Gasteiger partial charge in [0.05, 0.1) is 11.2 Å². The van der Waals surface area contributed by atoms with E-state index >= 15 is 0 Å². The van der Waals surface area contributed by atoms with Gasteiger partial charge >= 0.3 is 13.1 Å². The first-order chi connectivity index (χ1) is 15.0. The summed E-state index contributed by atoms with van der Waals surface area (Å²) < 4.78 is 17.7. The van der Waals surface area contributed by atoms with Gasteiger partial charge in [-0.1, -0.05) is 11.6 Å². The van der Waals surface area contributed by atoms with E-state index in [0.717, 1.165) is 16.6 Å². The number of benzene rings is 1. The lowest BCUT2D eigenvalue weighted by Gasteiger charge is -2.32. The Kier molecular flexibility index (Phi) is 6.45. The molecular formula is C24H35BN2O6. The molecule has 2 heterocycles. The topological polar surface area (TPSA) is 108 Å². The summed E-state index contributed by atoms with van der Waals surface area (Å²) in [6, 6.07) is 2.82. The Balaban J connectivity index is 1.80. The summed E-state index contributed by atoms with van der Waals surface area (Å²) in [5, 5.41) is 0. The summed E-state index contributed by atoms with van der Waals surface area (Å²) in [6.45, 7) is 15.4. The summed E-state index contributed by atoms with van der Waals surface area (Å²) in [7, 11) is -0.552. The monoisotopic (exact) mass is 458 g/mol. The van der Waals surface area contributed by atoms with Crippen molar-refractivity contribution in [2.24, 2.45) is 5.73 Å². The first kappa shape index (κ1) is 25.2. The number of aryl methyl sites for hydroxylation is 1.